The molecule has 1 aromatic rings. The topological polar surface area (TPSA) is 41.5 Å². The number of hydrogen-bond donors (Lipinski definition) is 2. The van der Waals surface area contributed by atoms with Crippen LogP contribution in [0.4, 0.5) is 0 Å². The molecule has 1 unspecified atom stereocenters. The van der Waals surface area contributed by atoms with E-state index in [1.807, 2.05) is 0 Å². The van der Waals surface area contributed by atoms with E-state index in [1.54, 1.807) is 25.1 Å². The third kappa shape index (κ3) is 4.32. The Morgan fingerprint density at radius 2 is 2.17 bits per heavy atom. The second-order valence-electron chi connectivity index (χ2n) is 5.02. The lowest BCUT2D eigenvalue weighted by molar-refractivity contribution is 0.0120. The molecule has 1 saturated carbocycles. The summed E-state index contributed by atoms with van der Waals surface area (Å²) in [6, 6.07) is 5.60. The molecule has 0 aromatic heterocycles. The Kier molecular flexibility index (Phi) is 4.38. The van der Waals surface area contributed by atoms with Crippen LogP contribution in [0, 0.1) is 0 Å². The van der Waals surface area contributed by atoms with Crippen LogP contribution in [0.3, 0.4) is 0 Å². The second-order valence-corrected chi connectivity index (χ2v) is 5.86. The number of nitrogens with one attached hydrogen (secondary N) is 1. The number of benzene rings is 1. The quantitative estimate of drug-likeness (QED) is 0.846. The van der Waals surface area contributed by atoms with Crippen molar-refractivity contribution in [2.75, 3.05) is 13.2 Å². The van der Waals surface area contributed by atoms with Gasteiger partial charge < -0.3 is 15.2 Å². The van der Waals surface area contributed by atoms with Crippen LogP contribution in [0.5, 0.6) is 5.75 Å². The molecule has 0 amide bonds. The van der Waals surface area contributed by atoms with Gasteiger partial charge in [0, 0.05) is 17.6 Å². The van der Waals surface area contributed by atoms with E-state index in [4.69, 9.17) is 27.9 Å². The first-order chi connectivity index (χ1) is 8.46. The summed E-state index contributed by atoms with van der Waals surface area (Å²) in [5.41, 5.74) is -0.911. The van der Waals surface area contributed by atoms with Gasteiger partial charge in [0.2, 0.25) is 0 Å². The Bertz CT molecular complexity index is 419. The molecular formula is C13H17Cl2NO2. The van der Waals surface area contributed by atoms with Crippen molar-refractivity contribution >= 4 is 23.2 Å². The lowest BCUT2D eigenvalue weighted by Crippen LogP contribution is -2.43. The summed E-state index contributed by atoms with van der Waals surface area (Å²) in [5, 5.41) is 14.4. The average molecular weight is 290 g/mol. The van der Waals surface area contributed by atoms with Crippen molar-refractivity contribution < 1.29 is 9.84 Å². The molecule has 0 radical (unpaired) electrons. The SMILES string of the molecule is CC(O)(CNC1CC1)COc1ccc(Cl)cc1Cl. The molecular weight excluding hydrogens is 273 g/mol. The molecule has 1 aliphatic rings. The summed E-state index contributed by atoms with van der Waals surface area (Å²) < 4.78 is 5.53. The average Bonchev–Trinajstić information content (AvgIpc) is 3.09. The van der Waals surface area contributed by atoms with Gasteiger partial charge in [-0.3, -0.25) is 0 Å². The minimum Gasteiger partial charge on any atom is -0.489 e. The molecule has 1 atom stereocenters. The van der Waals surface area contributed by atoms with Crippen molar-refractivity contribution in [3.8, 4) is 5.75 Å². The van der Waals surface area contributed by atoms with Gasteiger partial charge in [0.1, 0.15) is 18.0 Å². The first-order valence-electron chi connectivity index (χ1n) is 6.00. The maximum absolute atomic E-state index is 10.1. The van der Waals surface area contributed by atoms with Crippen molar-refractivity contribution in [1.82, 2.24) is 5.32 Å². The van der Waals surface area contributed by atoms with Crippen LogP contribution in [0.15, 0.2) is 18.2 Å². The molecule has 0 heterocycles. The van der Waals surface area contributed by atoms with Gasteiger partial charge in [0.25, 0.3) is 0 Å². The molecule has 2 N–H and O–H groups in total. The van der Waals surface area contributed by atoms with Crippen molar-refractivity contribution in [2.24, 2.45) is 0 Å². The fourth-order valence-electron chi connectivity index (χ4n) is 1.53. The summed E-state index contributed by atoms with van der Waals surface area (Å²) in [5.74, 6) is 0.535. The fraction of sp³-hybridized carbons (Fsp3) is 0.538. The van der Waals surface area contributed by atoms with Gasteiger partial charge in [-0.25, -0.2) is 0 Å². The van der Waals surface area contributed by atoms with Crippen LogP contribution < -0.4 is 10.1 Å². The summed E-state index contributed by atoms with van der Waals surface area (Å²) in [7, 11) is 0. The van der Waals surface area contributed by atoms with Gasteiger partial charge in [-0.05, 0) is 38.0 Å². The van der Waals surface area contributed by atoms with Gasteiger partial charge >= 0.3 is 0 Å². The Hall–Kier alpha value is -0.480. The second kappa shape index (κ2) is 5.66. The van der Waals surface area contributed by atoms with Gasteiger partial charge in [0.15, 0.2) is 0 Å². The fourth-order valence-corrected chi connectivity index (χ4v) is 1.99. The van der Waals surface area contributed by atoms with Crippen LogP contribution in [0.1, 0.15) is 19.8 Å². The Morgan fingerprint density at radius 1 is 1.44 bits per heavy atom. The highest BCUT2D eigenvalue weighted by Crippen LogP contribution is 2.28. The monoisotopic (exact) mass is 289 g/mol. The lowest BCUT2D eigenvalue weighted by atomic mass is 10.1. The number of aliphatic hydroxyl groups is 1. The zero-order valence-corrected chi connectivity index (χ0v) is 11.8. The summed E-state index contributed by atoms with van der Waals surface area (Å²) in [4.78, 5) is 0. The third-order valence-electron chi connectivity index (χ3n) is 2.78. The number of halogens is 2. The molecule has 18 heavy (non-hydrogen) atoms. The Morgan fingerprint density at radius 3 is 2.78 bits per heavy atom. The number of ether oxygens (including phenoxy) is 1. The highest BCUT2D eigenvalue weighted by molar-refractivity contribution is 6.35. The zero-order chi connectivity index (χ0) is 13.2. The predicted molar refractivity (Wildman–Crippen MR) is 73.6 cm³/mol. The largest absolute Gasteiger partial charge is 0.489 e. The van der Waals surface area contributed by atoms with E-state index in [0.717, 1.165) is 0 Å². The maximum atomic E-state index is 10.1. The van der Waals surface area contributed by atoms with Gasteiger partial charge in [-0.1, -0.05) is 23.2 Å². The molecule has 100 valence electrons. The van der Waals surface area contributed by atoms with Crippen molar-refractivity contribution in [3.63, 3.8) is 0 Å². The van der Waals surface area contributed by atoms with E-state index in [-0.39, 0.29) is 6.61 Å². The van der Waals surface area contributed by atoms with Crippen LogP contribution >= 0.6 is 23.2 Å². The number of rotatable bonds is 6. The molecule has 5 heteroatoms. The van der Waals surface area contributed by atoms with Crippen molar-refractivity contribution in [2.45, 2.75) is 31.4 Å². The molecule has 1 fully saturated rings. The Balaban J connectivity index is 1.84. The predicted octanol–water partition coefficient (Wildman–Crippen LogP) is 2.88. The smallest absolute Gasteiger partial charge is 0.138 e. The van der Waals surface area contributed by atoms with Crippen molar-refractivity contribution in [1.29, 1.82) is 0 Å². The van der Waals surface area contributed by atoms with Gasteiger partial charge in [-0.2, -0.15) is 0 Å². The minimum atomic E-state index is -0.911. The number of hydrogen-bond acceptors (Lipinski definition) is 3. The normalized spacial score (nSPS) is 18.4. The van der Waals surface area contributed by atoms with E-state index in [1.165, 1.54) is 12.8 Å². The Labute approximate surface area is 117 Å². The molecule has 2 rings (SSSR count). The van der Waals surface area contributed by atoms with Gasteiger partial charge in [0.05, 0.1) is 5.02 Å². The van der Waals surface area contributed by atoms with E-state index < -0.39 is 5.60 Å². The standard InChI is InChI=1S/C13H17Cl2NO2/c1-13(17,7-16-10-3-4-10)8-18-12-5-2-9(14)6-11(12)15/h2,5-6,10,16-17H,3-4,7-8H2,1H3. The molecule has 0 spiro atoms. The van der Waals surface area contributed by atoms with E-state index >= 15 is 0 Å². The molecule has 0 saturated heterocycles. The van der Waals surface area contributed by atoms with E-state index in [2.05, 4.69) is 5.32 Å². The summed E-state index contributed by atoms with van der Waals surface area (Å²) >= 11 is 11.8. The minimum absolute atomic E-state index is 0.189. The molecule has 1 aromatic carbocycles. The summed E-state index contributed by atoms with van der Waals surface area (Å²) in [6.07, 6.45) is 2.39. The molecule has 0 aliphatic heterocycles. The highest BCUT2D eigenvalue weighted by Gasteiger charge is 2.27. The van der Waals surface area contributed by atoms with E-state index in [9.17, 15) is 5.11 Å². The van der Waals surface area contributed by atoms with Gasteiger partial charge in [-0.15, -0.1) is 0 Å². The highest BCUT2D eigenvalue weighted by atomic mass is 35.5. The molecule has 3 nitrogen and oxygen atoms in total. The first kappa shape index (κ1) is 13.9. The zero-order valence-electron chi connectivity index (χ0n) is 10.2. The van der Waals surface area contributed by atoms with Crippen LogP contribution in [-0.4, -0.2) is 29.9 Å². The first-order valence-corrected chi connectivity index (χ1v) is 6.75. The van der Waals surface area contributed by atoms with Crippen LogP contribution in [0.25, 0.3) is 0 Å². The van der Waals surface area contributed by atoms with Crippen LogP contribution in [-0.2, 0) is 0 Å². The molecule has 0 bridgehead atoms. The third-order valence-corrected chi connectivity index (χ3v) is 3.31. The van der Waals surface area contributed by atoms with Crippen molar-refractivity contribution in [3.05, 3.63) is 28.2 Å². The maximum Gasteiger partial charge on any atom is 0.138 e. The van der Waals surface area contributed by atoms with E-state index in [0.29, 0.717) is 28.4 Å². The molecule has 1 aliphatic carbocycles. The van der Waals surface area contributed by atoms with Crippen LogP contribution in [0.2, 0.25) is 10.0 Å². The lowest BCUT2D eigenvalue weighted by Gasteiger charge is -2.24. The summed E-state index contributed by atoms with van der Waals surface area (Å²) in [6.45, 7) is 2.45.